The average molecular weight is 260 g/mol. The Morgan fingerprint density at radius 1 is 1.42 bits per heavy atom. The van der Waals surface area contributed by atoms with Crippen molar-refractivity contribution < 1.29 is 4.92 Å². The SMILES string of the molecule is Cc1ccc([N+](=O)[O-])c(Nc2cnn(C(C)C)c2)c1. The van der Waals surface area contributed by atoms with Crippen molar-refractivity contribution in [1.82, 2.24) is 9.78 Å². The van der Waals surface area contributed by atoms with Crippen molar-refractivity contribution >= 4 is 17.1 Å². The first kappa shape index (κ1) is 13.1. The van der Waals surface area contributed by atoms with Gasteiger partial charge in [0.15, 0.2) is 0 Å². The van der Waals surface area contributed by atoms with Gasteiger partial charge in [0.1, 0.15) is 5.69 Å². The molecule has 0 aliphatic rings. The maximum Gasteiger partial charge on any atom is 0.292 e. The van der Waals surface area contributed by atoms with Crippen LogP contribution in [0.2, 0.25) is 0 Å². The van der Waals surface area contributed by atoms with Crippen LogP contribution < -0.4 is 5.32 Å². The summed E-state index contributed by atoms with van der Waals surface area (Å²) in [5.74, 6) is 0. The van der Waals surface area contributed by atoms with E-state index >= 15 is 0 Å². The van der Waals surface area contributed by atoms with E-state index in [-0.39, 0.29) is 11.7 Å². The third kappa shape index (κ3) is 2.90. The number of nitro benzene ring substituents is 1. The van der Waals surface area contributed by atoms with Gasteiger partial charge < -0.3 is 5.32 Å². The highest BCUT2D eigenvalue weighted by Crippen LogP contribution is 2.28. The van der Waals surface area contributed by atoms with Crippen molar-refractivity contribution in [1.29, 1.82) is 0 Å². The lowest BCUT2D eigenvalue weighted by Gasteiger charge is -2.06. The molecule has 0 bridgehead atoms. The van der Waals surface area contributed by atoms with Crippen LogP contribution >= 0.6 is 0 Å². The van der Waals surface area contributed by atoms with Crippen molar-refractivity contribution in [2.45, 2.75) is 26.8 Å². The summed E-state index contributed by atoms with van der Waals surface area (Å²) < 4.78 is 1.80. The minimum atomic E-state index is -0.394. The van der Waals surface area contributed by atoms with E-state index in [1.165, 1.54) is 6.07 Å². The number of nitrogens with zero attached hydrogens (tertiary/aromatic N) is 3. The predicted molar refractivity (Wildman–Crippen MR) is 73.7 cm³/mol. The van der Waals surface area contributed by atoms with E-state index < -0.39 is 4.92 Å². The number of rotatable bonds is 4. The summed E-state index contributed by atoms with van der Waals surface area (Å²) in [6, 6.07) is 5.24. The predicted octanol–water partition coefficient (Wildman–Crippen LogP) is 3.42. The number of nitrogens with one attached hydrogen (secondary N) is 1. The van der Waals surface area contributed by atoms with Gasteiger partial charge in [-0.1, -0.05) is 6.07 Å². The largest absolute Gasteiger partial charge is 0.347 e. The third-order valence-corrected chi connectivity index (χ3v) is 2.76. The van der Waals surface area contributed by atoms with Gasteiger partial charge in [0.05, 0.1) is 16.8 Å². The van der Waals surface area contributed by atoms with E-state index in [4.69, 9.17) is 0 Å². The van der Waals surface area contributed by atoms with Crippen LogP contribution in [0.5, 0.6) is 0 Å². The fourth-order valence-electron chi connectivity index (χ4n) is 1.75. The monoisotopic (exact) mass is 260 g/mol. The number of hydrogen-bond acceptors (Lipinski definition) is 4. The van der Waals surface area contributed by atoms with Crippen LogP contribution in [0.3, 0.4) is 0 Å². The van der Waals surface area contributed by atoms with E-state index in [0.29, 0.717) is 5.69 Å². The zero-order valence-electron chi connectivity index (χ0n) is 11.1. The molecule has 0 unspecified atom stereocenters. The van der Waals surface area contributed by atoms with Gasteiger partial charge >= 0.3 is 0 Å². The molecule has 6 heteroatoms. The first-order valence-electron chi connectivity index (χ1n) is 6.03. The van der Waals surface area contributed by atoms with Crippen LogP contribution in [-0.4, -0.2) is 14.7 Å². The molecule has 1 N–H and O–H groups in total. The lowest BCUT2D eigenvalue weighted by Crippen LogP contribution is -2.00. The third-order valence-electron chi connectivity index (χ3n) is 2.76. The first-order chi connectivity index (χ1) is 8.97. The number of aromatic nitrogens is 2. The van der Waals surface area contributed by atoms with E-state index in [1.54, 1.807) is 23.0 Å². The summed E-state index contributed by atoms with van der Waals surface area (Å²) in [6.07, 6.45) is 3.49. The summed E-state index contributed by atoms with van der Waals surface area (Å²) in [4.78, 5) is 10.6. The zero-order valence-corrected chi connectivity index (χ0v) is 11.1. The van der Waals surface area contributed by atoms with Crippen molar-refractivity contribution in [2.75, 3.05) is 5.32 Å². The lowest BCUT2D eigenvalue weighted by atomic mass is 10.2. The Labute approximate surface area is 111 Å². The maximum atomic E-state index is 11.0. The van der Waals surface area contributed by atoms with E-state index in [2.05, 4.69) is 10.4 Å². The number of benzene rings is 1. The second kappa shape index (κ2) is 5.09. The molecule has 2 rings (SSSR count). The van der Waals surface area contributed by atoms with Crippen LogP contribution in [0.1, 0.15) is 25.5 Å². The van der Waals surface area contributed by atoms with Crippen LogP contribution in [0.4, 0.5) is 17.1 Å². The van der Waals surface area contributed by atoms with Crippen LogP contribution in [0.15, 0.2) is 30.6 Å². The maximum absolute atomic E-state index is 11.0. The summed E-state index contributed by atoms with van der Waals surface area (Å²) in [6.45, 7) is 5.93. The van der Waals surface area contributed by atoms with Gasteiger partial charge in [-0.15, -0.1) is 0 Å². The smallest absolute Gasteiger partial charge is 0.292 e. The molecular weight excluding hydrogens is 244 g/mol. The van der Waals surface area contributed by atoms with Gasteiger partial charge in [-0.05, 0) is 32.4 Å². The van der Waals surface area contributed by atoms with E-state index in [1.807, 2.05) is 27.0 Å². The van der Waals surface area contributed by atoms with Crippen molar-refractivity contribution in [3.05, 3.63) is 46.3 Å². The van der Waals surface area contributed by atoms with Gasteiger partial charge in [-0.2, -0.15) is 5.10 Å². The molecule has 0 radical (unpaired) electrons. The molecule has 1 aromatic carbocycles. The molecule has 0 saturated carbocycles. The molecule has 0 saturated heterocycles. The summed E-state index contributed by atoms with van der Waals surface area (Å²) in [5, 5.41) is 18.2. The van der Waals surface area contributed by atoms with Crippen LogP contribution in [-0.2, 0) is 0 Å². The van der Waals surface area contributed by atoms with Crippen molar-refractivity contribution in [3.8, 4) is 0 Å². The summed E-state index contributed by atoms with van der Waals surface area (Å²) >= 11 is 0. The number of hydrogen-bond donors (Lipinski definition) is 1. The highest BCUT2D eigenvalue weighted by Gasteiger charge is 2.14. The Balaban J connectivity index is 2.31. The molecule has 6 nitrogen and oxygen atoms in total. The topological polar surface area (TPSA) is 73.0 Å². The molecule has 0 amide bonds. The van der Waals surface area contributed by atoms with Crippen molar-refractivity contribution in [2.24, 2.45) is 0 Å². The number of anilines is 2. The van der Waals surface area contributed by atoms with Crippen LogP contribution in [0.25, 0.3) is 0 Å². The van der Waals surface area contributed by atoms with Gasteiger partial charge in [-0.3, -0.25) is 14.8 Å². The molecule has 100 valence electrons. The highest BCUT2D eigenvalue weighted by molar-refractivity contribution is 5.69. The summed E-state index contributed by atoms with van der Waals surface area (Å²) in [5.41, 5.74) is 2.24. The molecule has 0 aliphatic heterocycles. The second-order valence-corrected chi connectivity index (χ2v) is 4.71. The highest BCUT2D eigenvalue weighted by atomic mass is 16.6. The first-order valence-corrected chi connectivity index (χ1v) is 6.03. The molecule has 0 atom stereocenters. The second-order valence-electron chi connectivity index (χ2n) is 4.71. The Morgan fingerprint density at radius 2 is 2.16 bits per heavy atom. The Hall–Kier alpha value is -2.37. The Bertz CT molecular complexity index is 604. The van der Waals surface area contributed by atoms with Gasteiger partial charge in [0.2, 0.25) is 0 Å². The van der Waals surface area contributed by atoms with Gasteiger partial charge in [0, 0.05) is 18.3 Å². The normalized spacial score (nSPS) is 10.7. The Kier molecular flexibility index (Phi) is 3.50. The molecule has 2 aromatic rings. The van der Waals surface area contributed by atoms with Crippen LogP contribution in [0, 0.1) is 17.0 Å². The Morgan fingerprint density at radius 3 is 2.74 bits per heavy atom. The molecule has 0 aliphatic carbocycles. The van der Waals surface area contributed by atoms with Gasteiger partial charge in [-0.25, -0.2) is 0 Å². The number of aryl methyl sites for hydroxylation is 1. The minimum absolute atomic E-state index is 0.0582. The molecule has 0 spiro atoms. The van der Waals surface area contributed by atoms with Crippen molar-refractivity contribution in [3.63, 3.8) is 0 Å². The van der Waals surface area contributed by atoms with E-state index in [9.17, 15) is 10.1 Å². The standard InChI is InChI=1S/C13H16N4O2/c1-9(2)16-8-11(7-14-16)15-12-6-10(3)4-5-13(12)17(18)19/h4-9,15H,1-3H3. The molecule has 1 heterocycles. The summed E-state index contributed by atoms with van der Waals surface area (Å²) in [7, 11) is 0. The lowest BCUT2D eigenvalue weighted by molar-refractivity contribution is -0.383. The minimum Gasteiger partial charge on any atom is -0.347 e. The van der Waals surface area contributed by atoms with Gasteiger partial charge in [0.25, 0.3) is 5.69 Å². The molecular formula is C13H16N4O2. The molecule has 1 aromatic heterocycles. The quantitative estimate of drug-likeness (QED) is 0.675. The fraction of sp³-hybridized carbons (Fsp3) is 0.308. The fourth-order valence-corrected chi connectivity index (χ4v) is 1.75. The number of nitro groups is 1. The van der Waals surface area contributed by atoms with E-state index in [0.717, 1.165) is 11.3 Å². The average Bonchev–Trinajstić information content (AvgIpc) is 2.77. The molecule has 19 heavy (non-hydrogen) atoms. The molecule has 0 fully saturated rings. The zero-order chi connectivity index (χ0) is 14.0.